The van der Waals surface area contributed by atoms with Crippen LogP contribution in [0.3, 0.4) is 0 Å². The van der Waals surface area contributed by atoms with E-state index in [9.17, 15) is 9.18 Å². The summed E-state index contributed by atoms with van der Waals surface area (Å²) in [5.41, 5.74) is 1.03. The van der Waals surface area contributed by atoms with Gasteiger partial charge in [0.05, 0.1) is 6.54 Å². The molecule has 1 aromatic rings. The molecule has 0 atom stereocenters. The molecule has 22 heavy (non-hydrogen) atoms. The number of rotatable bonds is 9. The molecule has 0 saturated heterocycles. The van der Waals surface area contributed by atoms with Gasteiger partial charge in [0.25, 0.3) is 0 Å². The summed E-state index contributed by atoms with van der Waals surface area (Å²) < 4.78 is 13.0. The number of benzene rings is 1. The van der Waals surface area contributed by atoms with Crippen molar-refractivity contribution in [2.45, 2.75) is 25.4 Å². The van der Waals surface area contributed by atoms with E-state index in [1.54, 1.807) is 29.2 Å². The molecule has 118 valence electrons. The molecule has 4 heteroatoms. The zero-order chi connectivity index (χ0) is 15.9. The summed E-state index contributed by atoms with van der Waals surface area (Å²) in [6.07, 6.45) is 5.69. The maximum atomic E-state index is 13.0. The molecule has 0 bridgehead atoms. The topological polar surface area (TPSA) is 23.6 Å². The van der Waals surface area contributed by atoms with Gasteiger partial charge in [-0.05, 0) is 30.5 Å². The molecule has 0 spiro atoms. The second kappa shape index (κ2) is 7.90. The first-order valence-electron chi connectivity index (χ1n) is 7.62. The Morgan fingerprint density at radius 1 is 1.18 bits per heavy atom. The normalized spacial score (nSPS) is 13.9. The summed E-state index contributed by atoms with van der Waals surface area (Å²) in [7, 11) is 0. The molecule has 1 aliphatic rings. The van der Waals surface area contributed by atoms with Gasteiger partial charge in [-0.2, -0.15) is 0 Å². The van der Waals surface area contributed by atoms with Crippen molar-refractivity contribution in [3.8, 4) is 0 Å². The van der Waals surface area contributed by atoms with Crippen molar-refractivity contribution in [3.63, 3.8) is 0 Å². The number of hydrogen-bond acceptors (Lipinski definition) is 2. The highest BCUT2D eigenvalue weighted by Crippen LogP contribution is 2.28. The van der Waals surface area contributed by atoms with Gasteiger partial charge >= 0.3 is 0 Å². The first-order chi connectivity index (χ1) is 10.6. The van der Waals surface area contributed by atoms with Crippen molar-refractivity contribution in [2.75, 3.05) is 19.6 Å². The molecule has 0 unspecified atom stereocenters. The predicted molar refractivity (Wildman–Crippen MR) is 86.8 cm³/mol. The highest BCUT2D eigenvalue weighted by atomic mass is 19.1. The average molecular weight is 302 g/mol. The fourth-order valence-electron chi connectivity index (χ4n) is 2.44. The lowest BCUT2D eigenvalue weighted by Crippen LogP contribution is -2.41. The average Bonchev–Trinajstić information content (AvgIpc) is 3.33. The number of carbonyl (C=O) groups excluding carboxylic acids is 1. The Morgan fingerprint density at radius 3 is 2.27 bits per heavy atom. The summed E-state index contributed by atoms with van der Waals surface area (Å²) in [5, 5.41) is 0. The van der Waals surface area contributed by atoms with Gasteiger partial charge in [-0.15, -0.1) is 13.2 Å². The zero-order valence-corrected chi connectivity index (χ0v) is 12.9. The number of nitrogens with zero attached hydrogens (tertiary/aromatic N) is 2. The summed E-state index contributed by atoms with van der Waals surface area (Å²) >= 11 is 0. The van der Waals surface area contributed by atoms with E-state index in [0.717, 1.165) is 18.4 Å². The molecule has 1 saturated carbocycles. The first kappa shape index (κ1) is 16.4. The van der Waals surface area contributed by atoms with Gasteiger partial charge < -0.3 is 4.90 Å². The summed E-state index contributed by atoms with van der Waals surface area (Å²) in [6, 6.07) is 6.94. The van der Waals surface area contributed by atoms with E-state index in [-0.39, 0.29) is 11.7 Å². The molecular weight excluding hydrogens is 279 g/mol. The zero-order valence-electron chi connectivity index (χ0n) is 12.9. The lowest BCUT2D eigenvalue weighted by atomic mass is 10.2. The molecule has 2 rings (SSSR count). The highest BCUT2D eigenvalue weighted by Gasteiger charge is 2.31. The molecule has 0 radical (unpaired) electrons. The second-order valence-electron chi connectivity index (χ2n) is 5.64. The van der Waals surface area contributed by atoms with Crippen LogP contribution in [0.15, 0.2) is 49.6 Å². The van der Waals surface area contributed by atoms with Crippen LogP contribution in [-0.4, -0.2) is 41.4 Å². The van der Waals surface area contributed by atoms with Gasteiger partial charge in [0.1, 0.15) is 5.82 Å². The van der Waals surface area contributed by atoms with Crippen molar-refractivity contribution in [3.05, 3.63) is 61.0 Å². The van der Waals surface area contributed by atoms with Crippen LogP contribution in [0, 0.1) is 5.82 Å². The summed E-state index contributed by atoms with van der Waals surface area (Å²) in [4.78, 5) is 16.4. The largest absolute Gasteiger partial charge is 0.334 e. The Bertz CT molecular complexity index is 512. The maximum absolute atomic E-state index is 13.0. The Kier molecular flexibility index (Phi) is 5.90. The van der Waals surface area contributed by atoms with Crippen molar-refractivity contribution < 1.29 is 9.18 Å². The fourth-order valence-corrected chi connectivity index (χ4v) is 2.44. The van der Waals surface area contributed by atoms with Crippen LogP contribution in [0.25, 0.3) is 0 Å². The number of carbonyl (C=O) groups is 1. The lowest BCUT2D eigenvalue weighted by Gasteiger charge is -2.26. The van der Waals surface area contributed by atoms with Gasteiger partial charge in [-0.3, -0.25) is 9.69 Å². The van der Waals surface area contributed by atoms with E-state index in [0.29, 0.717) is 32.2 Å². The highest BCUT2D eigenvalue weighted by molar-refractivity contribution is 5.78. The first-order valence-corrected chi connectivity index (χ1v) is 7.62. The van der Waals surface area contributed by atoms with Crippen LogP contribution >= 0.6 is 0 Å². The van der Waals surface area contributed by atoms with E-state index in [1.807, 2.05) is 0 Å². The SMILES string of the molecule is C=CCN(CC=C)C(=O)CN(Cc1ccc(F)cc1)C1CC1. The monoisotopic (exact) mass is 302 g/mol. The Hall–Kier alpha value is -1.94. The Labute approximate surface area is 131 Å². The molecular formula is C18H23FN2O. The molecule has 3 nitrogen and oxygen atoms in total. The third-order valence-electron chi connectivity index (χ3n) is 3.75. The van der Waals surface area contributed by atoms with Gasteiger partial charge in [-0.25, -0.2) is 4.39 Å². The molecule has 0 aliphatic heterocycles. The van der Waals surface area contributed by atoms with Crippen LogP contribution < -0.4 is 0 Å². The van der Waals surface area contributed by atoms with E-state index in [2.05, 4.69) is 18.1 Å². The van der Waals surface area contributed by atoms with Crippen LogP contribution in [0.5, 0.6) is 0 Å². The van der Waals surface area contributed by atoms with Gasteiger partial charge in [0, 0.05) is 25.7 Å². The van der Waals surface area contributed by atoms with Crippen LogP contribution in [0.4, 0.5) is 4.39 Å². The predicted octanol–water partition coefficient (Wildman–Crippen LogP) is 2.99. The van der Waals surface area contributed by atoms with E-state index >= 15 is 0 Å². The van der Waals surface area contributed by atoms with E-state index < -0.39 is 0 Å². The molecule has 1 fully saturated rings. The number of amides is 1. The summed E-state index contributed by atoms with van der Waals surface area (Å²) in [5.74, 6) is -0.158. The van der Waals surface area contributed by atoms with Crippen molar-refractivity contribution in [2.24, 2.45) is 0 Å². The fraction of sp³-hybridized carbons (Fsp3) is 0.389. The van der Waals surface area contributed by atoms with Crippen LogP contribution in [0.2, 0.25) is 0 Å². The minimum Gasteiger partial charge on any atom is -0.334 e. The Balaban J connectivity index is 1.98. The Morgan fingerprint density at radius 2 is 1.77 bits per heavy atom. The molecule has 0 N–H and O–H groups in total. The van der Waals surface area contributed by atoms with Gasteiger partial charge in [0.15, 0.2) is 0 Å². The molecule has 0 heterocycles. The van der Waals surface area contributed by atoms with Crippen molar-refractivity contribution in [1.29, 1.82) is 0 Å². The van der Waals surface area contributed by atoms with E-state index in [1.165, 1.54) is 12.1 Å². The number of halogens is 1. The van der Waals surface area contributed by atoms with Crippen LogP contribution in [0.1, 0.15) is 18.4 Å². The minimum absolute atomic E-state index is 0.0776. The van der Waals surface area contributed by atoms with Crippen LogP contribution in [-0.2, 0) is 11.3 Å². The maximum Gasteiger partial charge on any atom is 0.237 e. The standard InChI is InChI=1S/C18H23FN2O/c1-3-11-20(12-4-2)18(22)14-21(17-9-10-17)13-15-5-7-16(19)8-6-15/h3-8,17H,1-2,9-14H2. The second-order valence-corrected chi connectivity index (χ2v) is 5.64. The molecule has 1 aliphatic carbocycles. The molecule has 0 aromatic heterocycles. The minimum atomic E-state index is -0.235. The lowest BCUT2D eigenvalue weighted by molar-refractivity contribution is -0.131. The van der Waals surface area contributed by atoms with E-state index in [4.69, 9.17) is 0 Å². The summed E-state index contributed by atoms with van der Waals surface area (Å²) in [6.45, 7) is 9.49. The third kappa shape index (κ3) is 4.81. The van der Waals surface area contributed by atoms with Crippen molar-refractivity contribution in [1.82, 2.24) is 9.80 Å². The number of hydrogen-bond donors (Lipinski definition) is 0. The third-order valence-corrected chi connectivity index (χ3v) is 3.75. The molecule has 1 amide bonds. The van der Waals surface area contributed by atoms with Gasteiger partial charge in [0.2, 0.25) is 5.91 Å². The molecule has 1 aromatic carbocycles. The van der Waals surface area contributed by atoms with Crippen molar-refractivity contribution >= 4 is 5.91 Å². The quantitative estimate of drug-likeness (QED) is 0.655. The smallest absolute Gasteiger partial charge is 0.237 e. The van der Waals surface area contributed by atoms with Gasteiger partial charge in [-0.1, -0.05) is 24.3 Å².